The van der Waals surface area contributed by atoms with Crippen LogP contribution in [-0.4, -0.2) is 33.9 Å². The molecule has 0 unspecified atom stereocenters. The molecule has 0 fully saturated rings. The standard InChI is InChI=1S/C6H12N2.BCl4/c1-3-8-5-4-7(2)6-8;2-1(3,4)5/h4-5H,3,6H2,1-2H3;/q;-1. The fourth-order valence-corrected chi connectivity index (χ4v) is 0.794. The topological polar surface area (TPSA) is 6.48 Å². The van der Waals surface area contributed by atoms with E-state index in [2.05, 4.69) is 36.2 Å². The normalized spacial score (nSPS) is 15.8. The summed E-state index contributed by atoms with van der Waals surface area (Å²) < 4.78 is -2.11. The highest BCUT2D eigenvalue weighted by Crippen LogP contribution is 2.23. The lowest BCUT2D eigenvalue weighted by molar-refractivity contribution is 0.308. The van der Waals surface area contributed by atoms with Gasteiger partial charge in [0.15, 0.2) is 0 Å². The molecule has 0 aromatic carbocycles. The lowest BCUT2D eigenvalue weighted by atomic mass is 10.6. The molecule has 1 aliphatic heterocycles. The van der Waals surface area contributed by atoms with Gasteiger partial charge in [0.25, 0.3) is 0 Å². The molecule has 13 heavy (non-hydrogen) atoms. The Labute approximate surface area is 98.9 Å². The van der Waals surface area contributed by atoms with E-state index in [0.717, 1.165) is 13.2 Å². The van der Waals surface area contributed by atoms with Crippen LogP contribution in [0.3, 0.4) is 0 Å². The zero-order chi connectivity index (χ0) is 10.5. The van der Waals surface area contributed by atoms with Gasteiger partial charge in [-0.1, -0.05) is 0 Å². The summed E-state index contributed by atoms with van der Waals surface area (Å²) in [4.78, 5) is 4.41. The molecule has 0 aliphatic carbocycles. The summed E-state index contributed by atoms with van der Waals surface area (Å²) in [5.74, 6) is 0. The third-order valence-corrected chi connectivity index (χ3v) is 1.34. The molecular weight excluding hydrogens is 253 g/mol. The van der Waals surface area contributed by atoms with E-state index >= 15 is 0 Å². The van der Waals surface area contributed by atoms with E-state index in [1.54, 1.807) is 0 Å². The van der Waals surface area contributed by atoms with Crippen molar-refractivity contribution in [3.8, 4) is 0 Å². The Morgan fingerprint density at radius 2 is 1.69 bits per heavy atom. The Balaban J connectivity index is 0.000000252. The maximum absolute atomic E-state index is 4.89. The molecule has 1 aliphatic rings. The quantitative estimate of drug-likeness (QED) is 0.672. The summed E-state index contributed by atoms with van der Waals surface area (Å²) in [6.45, 7) is 4.32. The first kappa shape index (κ1) is 13.6. The van der Waals surface area contributed by atoms with Crippen molar-refractivity contribution in [3.05, 3.63) is 12.4 Å². The van der Waals surface area contributed by atoms with Crippen LogP contribution in [0.2, 0.25) is 0 Å². The molecule has 0 saturated carbocycles. The van der Waals surface area contributed by atoms with Gasteiger partial charge in [-0.25, -0.2) is 0 Å². The Hall–Kier alpha value is 0.565. The minimum atomic E-state index is -2.11. The van der Waals surface area contributed by atoms with Crippen molar-refractivity contribution in [1.29, 1.82) is 0 Å². The highest BCUT2D eigenvalue weighted by atomic mass is 35.6. The van der Waals surface area contributed by atoms with Gasteiger partial charge in [0.1, 0.15) is 0 Å². The van der Waals surface area contributed by atoms with Crippen LogP contribution in [0.1, 0.15) is 6.92 Å². The third-order valence-electron chi connectivity index (χ3n) is 1.34. The number of hydrogen-bond donors (Lipinski definition) is 0. The number of halogens is 4. The van der Waals surface area contributed by atoms with E-state index in [4.69, 9.17) is 45.8 Å². The molecule has 0 spiro atoms. The molecule has 0 bridgehead atoms. The van der Waals surface area contributed by atoms with Gasteiger partial charge >= 0.3 is 3.81 Å². The van der Waals surface area contributed by atoms with Crippen molar-refractivity contribution in [1.82, 2.24) is 9.80 Å². The van der Waals surface area contributed by atoms with Crippen LogP contribution in [-0.2, 0) is 0 Å². The summed E-state index contributed by atoms with van der Waals surface area (Å²) in [6, 6.07) is 0. The van der Waals surface area contributed by atoms with Gasteiger partial charge in [-0.2, -0.15) is 0 Å². The lowest BCUT2D eigenvalue weighted by Crippen LogP contribution is -2.21. The largest absolute Gasteiger partial charge is 0.362 e. The van der Waals surface area contributed by atoms with Crippen molar-refractivity contribution in [2.45, 2.75) is 6.92 Å². The van der Waals surface area contributed by atoms with Gasteiger partial charge in [0.05, 0.1) is 6.67 Å². The highest BCUT2D eigenvalue weighted by Gasteiger charge is 2.03. The molecule has 2 nitrogen and oxygen atoms in total. The summed E-state index contributed by atoms with van der Waals surface area (Å²) in [6.07, 6.45) is 4.20. The van der Waals surface area contributed by atoms with Crippen LogP contribution in [0.15, 0.2) is 12.4 Å². The summed E-state index contributed by atoms with van der Waals surface area (Å²) in [5.41, 5.74) is 0. The van der Waals surface area contributed by atoms with Gasteiger partial charge in [-0.3, -0.25) is 0 Å². The average Bonchev–Trinajstić information content (AvgIpc) is 2.31. The molecule has 1 rings (SSSR count). The first-order valence-electron chi connectivity index (χ1n) is 3.83. The zero-order valence-electron chi connectivity index (χ0n) is 7.55. The SMILES string of the molecule is CCN1C=CN(C)C1.Cl[B-](Cl)(Cl)Cl. The van der Waals surface area contributed by atoms with E-state index in [1.165, 1.54) is 0 Å². The summed E-state index contributed by atoms with van der Waals surface area (Å²) in [7, 11) is 2.08. The molecular formula is C6H12BCl4N2-. The van der Waals surface area contributed by atoms with E-state index in [-0.39, 0.29) is 0 Å². The van der Waals surface area contributed by atoms with E-state index in [9.17, 15) is 0 Å². The van der Waals surface area contributed by atoms with E-state index < -0.39 is 3.81 Å². The second-order valence-electron chi connectivity index (χ2n) is 2.60. The molecule has 1 heterocycles. The van der Waals surface area contributed by atoms with Crippen LogP contribution < -0.4 is 0 Å². The van der Waals surface area contributed by atoms with E-state index in [0.29, 0.717) is 0 Å². The van der Waals surface area contributed by atoms with Crippen LogP contribution in [0, 0.1) is 0 Å². The number of hydrogen-bond acceptors (Lipinski definition) is 2. The maximum atomic E-state index is 4.89. The highest BCUT2D eigenvalue weighted by molar-refractivity contribution is 7.81. The fraction of sp³-hybridized carbons (Fsp3) is 0.667. The predicted molar refractivity (Wildman–Crippen MR) is 63.3 cm³/mol. The Kier molecular flexibility index (Phi) is 6.39. The van der Waals surface area contributed by atoms with Crippen molar-refractivity contribution < 1.29 is 0 Å². The van der Waals surface area contributed by atoms with Gasteiger partial charge in [0, 0.05) is 26.0 Å². The molecule has 0 N–H and O–H groups in total. The molecule has 0 radical (unpaired) electrons. The van der Waals surface area contributed by atoms with Gasteiger partial charge in [0.2, 0.25) is 0 Å². The Bertz CT molecular complexity index is 165. The van der Waals surface area contributed by atoms with Gasteiger partial charge in [-0.15, -0.1) is 0 Å². The molecule has 78 valence electrons. The first-order chi connectivity index (χ1) is 5.83. The molecule has 7 heteroatoms. The average molecular weight is 265 g/mol. The summed E-state index contributed by atoms with van der Waals surface area (Å²) >= 11 is 19.6. The van der Waals surface area contributed by atoms with Crippen molar-refractivity contribution >= 4 is 49.6 Å². The van der Waals surface area contributed by atoms with Crippen LogP contribution in [0.4, 0.5) is 0 Å². The smallest absolute Gasteiger partial charge is 0.328 e. The minimum Gasteiger partial charge on any atom is -0.362 e. The zero-order valence-corrected chi connectivity index (χ0v) is 10.6. The van der Waals surface area contributed by atoms with Gasteiger partial charge < -0.3 is 55.6 Å². The van der Waals surface area contributed by atoms with Crippen LogP contribution in [0.25, 0.3) is 0 Å². The number of nitrogens with zero attached hydrogens (tertiary/aromatic N) is 2. The monoisotopic (exact) mass is 263 g/mol. The third kappa shape index (κ3) is 10.5. The van der Waals surface area contributed by atoms with Crippen LogP contribution in [0.5, 0.6) is 0 Å². The molecule has 0 saturated heterocycles. The predicted octanol–water partition coefficient (Wildman–Crippen LogP) is 3.06. The van der Waals surface area contributed by atoms with E-state index in [1.807, 2.05) is 0 Å². The Morgan fingerprint density at radius 1 is 1.23 bits per heavy atom. The number of rotatable bonds is 1. The fourth-order valence-electron chi connectivity index (χ4n) is 0.794. The maximum Gasteiger partial charge on any atom is 0.328 e. The minimum absolute atomic E-state index is 1.05. The summed E-state index contributed by atoms with van der Waals surface area (Å²) in [5, 5.41) is 0. The second kappa shape index (κ2) is 6.12. The lowest BCUT2D eigenvalue weighted by Gasteiger charge is -2.14. The molecule has 0 aromatic heterocycles. The van der Waals surface area contributed by atoms with Crippen molar-refractivity contribution in [2.75, 3.05) is 20.3 Å². The first-order valence-corrected chi connectivity index (χ1v) is 5.57. The Morgan fingerprint density at radius 3 is 1.85 bits per heavy atom. The second-order valence-corrected chi connectivity index (χ2v) is 6.56. The molecule has 0 amide bonds. The van der Waals surface area contributed by atoms with Crippen molar-refractivity contribution in [2.24, 2.45) is 0 Å². The van der Waals surface area contributed by atoms with Gasteiger partial charge in [-0.05, 0) is 6.92 Å². The van der Waals surface area contributed by atoms with Crippen molar-refractivity contribution in [3.63, 3.8) is 0 Å². The van der Waals surface area contributed by atoms with Crippen LogP contribution >= 0.6 is 45.8 Å². The molecule has 0 aromatic rings. The molecule has 0 atom stereocenters.